The van der Waals surface area contributed by atoms with Crippen LogP contribution in [0.1, 0.15) is 12.0 Å². The minimum absolute atomic E-state index is 0.543. The summed E-state index contributed by atoms with van der Waals surface area (Å²) in [5.74, 6) is 0.997. The third kappa shape index (κ3) is 2.36. The van der Waals surface area contributed by atoms with Gasteiger partial charge in [-0.2, -0.15) is 0 Å². The van der Waals surface area contributed by atoms with E-state index in [9.17, 15) is 0 Å². The molecule has 0 amide bonds. The van der Waals surface area contributed by atoms with E-state index < -0.39 is 0 Å². The zero-order valence-electron chi connectivity index (χ0n) is 8.18. The molecule has 76 valence electrons. The molecule has 1 saturated heterocycles. The minimum atomic E-state index is 0.543. The minimum Gasteiger partial charge on any atom is -0.366 e. The summed E-state index contributed by atoms with van der Waals surface area (Å²) < 4.78 is 1.22. The molecule has 4 heteroatoms. The van der Waals surface area contributed by atoms with Crippen LogP contribution in [0.3, 0.4) is 0 Å². The highest BCUT2D eigenvalue weighted by Gasteiger charge is 2.14. The smallest absolute Gasteiger partial charge is 0.126 e. The maximum atomic E-state index is 4.36. The van der Waals surface area contributed by atoms with Crippen molar-refractivity contribution in [3.05, 3.63) is 21.4 Å². The quantitative estimate of drug-likeness (QED) is 0.818. The average molecular weight is 303 g/mol. The van der Waals surface area contributed by atoms with Crippen molar-refractivity contribution in [3.8, 4) is 0 Å². The van der Waals surface area contributed by atoms with E-state index in [-0.39, 0.29) is 0 Å². The number of anilines is 1. The Morgan fingerprint density at radius 3 is 3.14 bits per heavy atom. The number of hydrogen-bond acceptors (Lipinski definition) is 3. The Balaban J connectivity index is 2.05. The van der Waals surface area contributed by atoms with E-state index in [2.05, 4.69) is 51.2 Å². The lowest BCUT2D eigenvalue weighted by molar-refractivity contribution is 0.787. The Hall–Kier alpha value is -0.360. The Morgan fingerprint density at radius 1 is 1.64 bits per heavy atom. The van der Waals surface area contributed by atoms with E-state index in [1.54, 1.807) is 0 Å². The highest BCUT2D eigenvalue weighted by atomic mass is 127. The van der Waals surface area contributed by atoms with Crippen LogP contribution in [0, 0.1) is 10.5 Å². The van der Waals surface area contributed by atoms with Gasteiger partial charge in [0, 0.05) is 22.4 Å². The van der Waals surface area contributed by atoms with Crippen LogP contribution in [0.25, 0.3) is 0 Å². The molecule has 1 fully saturated rings. The molecule has 14 heavy (non-hydrogen) atoms. The topological polar surface area (TPSA) is 37.0 Å². The first-order valence-electron chi connectivity index (χ1n) is 4.85. The van der Waals surface area contributed by atoms with E-state index >= 15 is 0 Å². The fraction of sp³-hybridized carbons (Fsp3) is 0.500. The predicted molar refractivity (Wildman–Crippen MR) is 66.6 cm³/mol. The van der Waals surface area contributed by atoms with Crippen molar-refractivity contribution >= 4 is 28.4 Å². The van der Waals surface area contributed by atoms with Gasteiger partial charge in [0.2, 0.25) is 0 Å². The van der Waals surface area contributed by atoms with Gasteiger partial charge in [-0.05, 0) is 54.1 Å². The summed E-state index contributed by atoms with van der Waals surface area (Å²) in [5.41, 5.74) is 1.29. The molecule has 0 saturated carbocycles. The molecule has 1 unspecified atom stereocenters. The first kappa shape index (κ1) is 10.2. The van der Waals surface area contributed by atoms with Crippen LogP contribution in [0.5, 0.6) is 0 Å². The molecule has 0 aliphatic carbocycles. The second kappa shape index (κ2) is 4.44. The van der Waals surface area contributed by atoms with E-state index in [0.717, 1.165) is 18.9 Å². The molecule has 0 radical (unpaired) electrons. The normalized spacial score (nSPS) is 21.1. The summed E-state index contributed by atoms with van der Waals surface area (Å²) in [7, 11) is 0. The molecule has 2 N–H and O–H groups in total. The molecule has 1 aromatic rings. The van der Waals surface area contributed by atoms with Gasteiger partial charge in [-0.1, -0.05) is 0 Å². The van der Waals surface area contributed by atoms with Gasteiger partial charge in [-0.25, -0.2) is 4.98 Å². The van der Waals surface area contributed by atoms with Gasteiger partial charge in [-0.3, -0.25) is 0 Å². The van der Waals surface area contributed by atoms with Gasteiger partial charge < -0.3 is 10.6 Å². The molecule has 0 bridgehead atoms. The third-order valence-corrected chi connectivity index (χ3v) is 3.59. The lowest BCUT2D eigenvalue weighted by Gasteiger charge is -2.12. The molecule has 1 aromatic heterocycles. The van der Waals surface area contributed by atoms with Crippen molar-refractivity contribution in [1.82, 2.24) is 10.3 Å². The summed E-state index contributed by atoms with van der Waals surface area (Å²) in [4.78, 5) is 4.36. The fourth-order valence-corrected chi connectivity index (χ4v) is 1.90. The number of aryl methyl sites for hydroxylation is 1. The molecule has 3 nitrogen and oxygen atoms in total. The summed E-state index contributed by atoms with van der Waals surface area (Å²) in [6, 6.07) is 2.65. The van der Waals surface area contributed by atoms with Crippen molar-refractivity contribution in [3.63, 3.8) is 0 Å². The lowest BCUT2D eigenvalue weighted by Crippen LogP contribution is -2.22. The van der Waals surface area contributed by atoms with Crippen LogP contribution in [0.15, 0.2) is 12.3 Å². The maximum Gasteiger partial charge on any atom is 0.126 e. The largest absolute Gasteiger partial charge is 0.366 e. The summed E-state index contributed by atoms with van der Waals surface area (Å²) in [6.07, 6.45) is 3.10. The Labute approximate surface area is 97.8 Å². The molecular formula is C10H14IN3. The molecule has 2 heterocycles. The molecular weight excluding hydrogens is 289 g/mol. The summed E-state index contributed by atoms with van der Waals surface area (Å²) >= 11 is 2.30. The first-order valence-corrected chi connectivity index (χ1v) is 5.93. The van der Waals surface area contributed by atoms with Crippen molar-refractivity contribution in [2.75, 3.05) is 18.4 Å². The van der Waals surface area contributed by atoms with Crippen LogP contribution in [-0.4, -0.2) is 24.1 Å². The zero-order chi connectivity index (χ0) is 9.97. The molecule has 1 aliphatic heterocycles. The van der Waals surface area contributed by atoms with Gasteiger partial charge in [0.25, 0.3) is 0 Å². The zero-order valence-corrected chi connectivity index (χ0v) is 10.3. The van der Waals surface area contributed by atoms with E-state index in [1.165, 1.54) is 15.6 Å². The number of aromatic nitrogens is 1. The van der Waals surface area contributed by atoms with Crippen molar-refractivity contribution in [2.45, 2.75) is 19.4 Å². The third-order valence-electron chi connectivity index (χ3n) is 2.46. The SMILES string of the molecule is Cc1cc(NC2CCNC2)ncc1I. The standard InChI is InChI=1S/C10H14IN3/c1-7-4-10(13-6-9(7)11)14-8-2-3-12-5-8/h4,6,8,12H,2-3,5H2,1H3,(H,13,14). The molecule has 1 atom stereocenters. The number of rotatable bonds is 2. The molecule has 2 rings (SSSR count). The highest BCUT2D eigenvalue weighted by Crippen LogP contribution is 2.15. The average Bonchev–Trinajstić information content (AvgIpc) is 2.64. The molecule has 1 aliphatic rings. The highest BCUT2D eigenvalue weighted by molar-refractivity contribution is 14.1. The van der Waals surface area contributed by atoms with Crippen molar-refractivity contribution < 1.29 is 0 Å². The summed E-state index contributed by atoms with van der Waals surface area (Å²) in [6.45, 7) is 4.27. The van der Waals surface area contributed by atoms with Gasteiger partial charge >= 0.3 is 0 Å². The number of halogens is 1. The maximum absolute atomic E-state index is 4.36. The van der Waals surface area contributed by atoms with E-state index in [4.69, 9.17) is 0 Å². The van der Waals surface area contributed by atoms with Crippen LogP contribution >= 0.6 is 22.6 Å². The van der Waals surface area contributed by atoms with Gasteiger partial charge in [0.15, 0.2) is 0 Å². The number of pyridine rings is 1. The van der Waals surface area contributed by atoms with Crippen LogP contribution in [0.4, 0.5) is 5.82 Å². The van der Waals surface area contributed by atoms with Gasteiger partial charge in [0.1, 0.15) is 5.82 Å². The Kier molecular flexibility index (Phi) is 3.22. The lowest BCUT2D eigenvalue weighted by atomic mass is 10.2. The Bertz CT molecular complexity index is 321. The second-order valence-corrected chi connectivity index (χ2v) is 4.81. The van der Waals surface area contributed by atoms with Crippen LogP contribution < -0.4 is 10.6 Å². The number of nitrogens with one attached hydrogen (secondary N) is 2. The monoisotopic (exact) mass is 303 g/mol. The van der Waals surface area contributed by atoms with Gasteiger partial charge in [-0.15, -0.1) is 0 Å². The number of nitrogens with zero attached hydrogens (tertiary/aromatic N) is 1. The van der Waals surface area contributed by atoms with E-state index in [1.807, 2.05) is 6.20 Å². The van der Waals surface area contributed by atoms with Crippen molar-refractivity contribution in [1.29, 1.82) is 0 Å². The van der Waals surface area contributed by atoms with Crippen molar-refractivity contribution in [2.24, 2.45) is 0 Å². The Morgan fingerprint density at radius 2 is 2.50 bits per heavy atom. The molecule has 0 spiro atoms. The van der Waals surface area contributed by atoms with Crippen LogP contribution in [0.2, 0.25) is 0 Å². The number of hydrogen-bond donors (Lipinski definition) is 2. The first-order chi connectivity index (χ1) is 6.75. The second-order valence-electron chi connectivity index (χ2n) is 3.65. The van der Waals surface area contributed by atoms with Gasteiger partial charge in [0.05, 0.1) is 0 Å². The fourth-order valence-electron chi connectivity index (χ4n) is 1.61. The van der Waals surface area contributed by atoms with Crippen LogP contribution in [-0.2, 0) is 0 Å². The summed E-state index contributed by atoms with van der Waals surface area (Å²) in [5, 5.41) is 6.76. The predicted octanol–water partition coefficient (Wildman–Crippen LogP) is 1.77. The molecule has 0 aromatic carbocycles. The van der Waals surface area contributed by atoms with E-state index in [0.29, 0.717) is 6.04 Å².